The lowest BCUT2D eigenvalue weighted by atomic mass is 10.1. The number of hydrogen-bond acceptors (Lipinski definition) is 4. The summed E-state index contributed by atoms with van der Waals surface area (Å²) in [5, 5.41) is 3.45. The lowest BCUT2D eigenvalue weighted by molar-refractivity contribution is 0.0392. The third-order valence-electron chi connectivity index (χ3n) is 5.71. The largest absolute Gasteiger partial charge is 0.492 e. The van der Waals surface area contributed by atoms with E-state index in [-0.39, 0.29) is 0 Å². The van der Waals surface area contributed by atoms with Crippen LogP contribution in [0, 0.1) is 0 Å². The molecule has 1 aliphatic heterocycles. The maximum Gasteiger partial charge on any atom is 0.193 e. The molecule has 6 heteroatoms. The summed E-state index contributed by atoms with van der Waals surface area (Å²) in [6.07, 6.45) is 2.22. The van der Waals surface area contributed by atoms with Crippen LogP contribution in [0.15, 0.2) is 59.6 Å². The molecule has 1 heterocycles. The highest BCUT2D eigenvalue weighted by atomic mass is 16.5. The second-order valence-electron chi connectivity index (χ2n) is 8.06. The van der Waals surface area contributed by atoms with Crippen molar-refractivity contribution in [1.82, 2.24) is 15.1 Å². The number of ether oxygens (including phenoxy) is 2. The number of aliphatic imine (C=N–C) groups is 1. The Bertz CT molecular complexity index is 806. The van der Waals surface area contributed by atoms with E-state index in [0.29, 0.717) is 19.2 Å². The Morgan fingerprint density at radius 1 is 1.06 bits per heavy atom. The van der Waals surface area contributed by atoms with E-state index in [4.69, 9.17) is 9.47 Å². The van der Waals surface area contributed by atoms with Gasteiger partial charge >= 0.3 is 0 Å². The summed E-state index contributed by atoms with van der Waals surface area (Å²) in [4.78, 5) is 8.94. The first-order valence-electron chi connectivity index (χ1n) is 11.1. The van der Waals surface area contributed by atoms with Gasteiger partial charge in [0.05, 0.1) is 0 Å². The molecule has 0 saturated carbocycles. The second-order valence-corrected chi connectivity index (χ2v) is 8.06. The predicted molar refractivity (Wildman–Crippen MR) is 127 cm³/mol. The number of nitrogens with zero attached hydrogens (tertiary/aromatic N) is 3. The molecular weight excluding hydrogens is 388 g/mol. The first-order chi connectivity index (χ1) is 15.2. The van der Waals surface area contributed by atoms with Gasteiger partial charge in [0.15, 0.2) is 5.96 Å². The number of hydrogen-bond donors (Lipinski definition) is 1. The molecule has 3 rings (SSSR count). The Morgan fingerprint density at radius 3 is 2.55 bits per heavy atom. The van der Waals surface area contributed by atoms with Crippen molar-refractivity contribution in [1.29, 1.82) is 0 Å². The summed E-state index contributed by atoms with van der Waals surface area (Å²) in [6, 6.07) is 19.3. The van der Waals surface area contributed by atoms with Crippen LogP contribution in [0.3, 0.4) is 0 Å². The minimum Gasteiger partial charge on any atom is -0.492 e. The van der Waals surface area contributed by atoms with Crippen LogP contribution in [-0.4, -0.2) is 69.3 Å². The van der Waals surface area contributed by atoms with E-state index in [9.17, 15) is 0 Å². The van der Waals surface area contributed by atoms with Gasteiger partial charge in [-0.25, -0.2) is 0 Å². The van der Waals surface area contributed by atoms with E-state index in [1.54, 1.807) is 0 Å². The van der Waals surface area contributed by atoms with Crippen molar-refractivity contribution in [2.45, 2.75) is 32.0 Å². The predicted octanol–water partition coefficient (Wildman–Crippen LogP) is 3.38. The average molecular weight is 425 g/mol. The van der Waals surface area contributed by atoms with Crippen LogP contribution in [0.4, 0.5) is 0 Å². The summed E-state index contributed by atoms with van der Waals surface area (Å²) < 4.78 is 11.5. The second kappa shape index (κ2) is 12.3. The third kappa shape index (κ3) is 7.56. The molecule has 2 aromatic rings. The maximum absolute atomic E-state index is 6.03. The molecule has 31 heavy (non-hydrogen) atoms. The highest BCUT2D eigenvalue weighted by Crippen LogP contribution is 2.15. The molecule has 0 atom stereocenters. The molecule has 0 aliphatic carbocycles. The number of rotatable bonds is 9. The molecule has 0 bridgehead atoms. The van der Waals surface area contributed by atoms with Crippen LogP contribution in [-0.2, 0) is 17.8 Å². The molecule has 1 N–H and O–H groups in total. The molecule has 2 aromatic carbocycles. The molecular formula is C25H36N4O2. The Balaban J connectivity index is 1.44. The minimum absolute atomic E-state index is 0.604. The monoisotopic (exact) mass is 424 g/mol. The van der Waals surface area contributed by atoms with Crippen molar-refractivity contribution in [3.05, 3.63) is 65.7 Å². The van der Waals surface area contributed by atoms with E-state index < -0.39 is 0 Å². The molecule has 1 fully saturated rings. The molecule has 0 radical (unpaired) electrons. The van der Waals surface area contributed by atoms with E-state index in [1.165, 1.54) is 11.1 Å². The molecule has 168 valence electrons. The first kappa shape index (κ1) is 23.1. The van der Waals surface area contributed by atoms with Gasteiger partial charge in [-0.1, -0.05) is 42.5 Å². The van der Waals surface area contributed by atoms with E-state index in [0.717, 1.165) is 50.9 Å². The van der Waals surface area contributed by atoms with Crippen molar-refractivity contribution in [2.24, 2.45) is 4.99 Å². The molecule has 0 amide bonds. The van der Waals surface area contributed by atoms with Gasteiger partial charge in [0.2, 0.25) is 0 Å². The normalized spacial score (nSPS) is 15.2. The zero-order chi connectivity index (χ0) is 21.9. The highest BCUT2D eigenvalue weighted by Gasteiger charge is 2.18. The van der Waals surface area contributed by atoms with Crippen molar-refractivity contribution >= 4 is 5.96 Å². The van der Waals surface area contributed by atoms with Crippen LogP contribution in [0.1, 0.15) is 24.0 Å². The van der Waals surface area contributed by atoms with Crippen molar-refractivity contribution in [3.63, 3.8) is 0 Å². The lowest BCUT2D eigenvalue weighted by Gasteiger charge is -2.31. The fourth-order valence-electron chi connectivity index (χ4n) is 3.86. The molecule has 0 aromatic heterocycles. The van der Waals surface area contributed by atoms with Crippen molar-refractivity contribution < 1.29 is 9.47 Å². The standard InChI is InChI=1S/C25H36N4O2/c1-26-25(29(3)20-21-8-5-4-6-9-21)27-19-22-10-7-11-24(18-22)31-17-14-28(2)23-12-15-30-16-13-23/h4-11,18,23H,12-17,19-20H2,1-3H3,(H,26,27). The van der Waals surface area contributed by atoms with Gasteiger partial charge in [-0.3, -0.25) is 9.89 Å². The number of likely N-dealkylation sites (N-methyl/N-ethyl adjacent to an activating group) is 1. The zero-order valence-corrected chi connectivity index (χ0v) is 19.1. The fraction of sp³-hybridized carbons (Fsp3) is 0.480. The number of guanidine groups is 1. The summed E-state index contributed by atoms with van der Waals surface area (Å²) in [5.41, 5.74) is 2.43. The van der Waals surface area contributed by atoms with Gasteiger partial charge in [-0.2, -0.15) is 0 Å². The summed E-state index contributed by atoms with van der Waals surface area (Å²) in [7, 11) is 6.05. The van der Waals surface area contributed by atoms with E-state index >= 15 is 0 Å². The van der Waals surface area contributed by atoms with Gasteiger partial charge in [0, 0.05) is 53.0 Å². The van der Waals surface area contributed by atoms with Crippen molar-refractivity contribution in [3.8, 4) is 5.75 Å². The van der Waals surface area contributed by atoms with Gasteiger partial charge < -0.3 is 19.7 Å². The number of benzene rings is 2. The summed E-state index contributed by atoms with van der Waals surface area (Å²) >= 11 is 0. The molecule has 1 saturated heterocycles. The lowest BCUT2D eigenvalue weighted by Crippen LogP contribution is -2.38. The van der Waals surface area contributed by atoms with Gasteiger partial charge in [-0.15, -0.1) is 0 Å². The topological polar surface area (TPSA) is 49.3 Å². The van der Waals surface area contributed by atoms with Gasteiger partial charge in [0.25, 0.3) is 0 Å². The summed E-state index contributed by atoms with van der Waals surface area (Å²) in [6.45, 7) is 4.86. The van der Waals surface area contributed by atoms with E-state index in [1.807, 2.05) is 25.2 Å². The maximum atomic E-state index is 6.03. The third-order valence-corrected chi connectivity index (χ3v) is 5.71. The molecule has 0 unspecified atom stereocenters. The average Bonchev–Trinajstić information content (AvgIpc) is 2.81. The van der Waals surface area contributed by atoms with Gasteiger partial charge in [0.1, 0.15) is 12.4 Å². The fourth-order valence-corrected chi connectivity index (χ4v) is 3.86. The van der Waals surface area contributed by atoms with Crippen LogP contribution >= 0.6 is 0 Å². The molecule has 0 spiro atoms. The summed E-state index contributed by atoms with van der Waals surface area (Å²) in [5.74, 6) is 1.78. The quantitative estimate of drug-likeness (QED) is 0.494. The first-order valence-corrected chi connectivity index (χ1v) is 11.1. The SMILES string of the molecule is CN=C(NCc1cccc(OCCN(C)C2CCOCC2)c1)N(C)Cc1ccccc1. The van der Waals surface area contributed by atoms with Crippen molar-refractivity contribution in [2.75, 3.05) is 47.5 Å². The minimum atomic E-state index is 0.604. The van der Waals surface area contributed by atoms with Crippen LogP contribution in [0.2, 0.25) is 0 Å². The zero-order valence-electron chi connectivity index (χ0n) is 19.1. The van der Waals surface area contributed by atoms with Crippen LogP contribution in [0.25, 0.3) is 0 Å². The van der Waals surface area contributed by atoms with Crippen LogP contribution < -0.4 is 10.1 Å². The van der Waals surface area contributed by atoms with E-state index in [2.05, 4.69) is 70.6 Å². The Labute approximate surface area is 186 Å². The van der Waals surface area contributed by atoms with Gasteiger partial charge in [-0.05, 0) is 43.1 Å². The Kier molecular flexibility index (Phi) is 9.18. The number of nitrogens with one attached hydrogen (secondary N) is 1. The Hall–Kier alpha value is -2.57. The highest BCUT2D eigenvalue weighted by molar-refractivity contribution is 5.79. The molecule has 6 nitrogen and oxygen atoms in total. The molecule has 1 aliphatic rings. The Morgan fingerprint density at radius 2 is 1.81 bits per heavy atom. The van der Waals surface area contributed by atoms with Crippen LogP contribution in [0.5, 0.6) is 5.75 Å². The smallest absolute Gasteiger partial charge is 0.193 e.